The van der Waals surface area contributed by atoms with Crippen molar-refractivity contribution >= 4 is 39.1 Å². The fraction of sp³-hybridized carbons (Fsp3) is 0.188. The number of aryl methyl sites for hydroxylation is 1. The Kier molecular flexibility index (Phi) is 4.19. The number of nitrogens with one attached hydrogen (secondary N) is 1. The molecule has 5 nitrogen and oxygen atoms in total. The lowest BCUT2D eigenvalue weighted by molar-refractivity contribution is 0.0531. The summed E-state index contributed by atoms with van der Waals surface area (Å²) in [7, 11) is 0. The van der Waals surface area contributed by atoms with Crippen molar-refractivity contribution < 1.29 is 9.53 Å². The van der Waals surface area contributed by atoms with Crippen molar-refractivity contribution in [2.75, 3.05) is 6.61 Å². The van der Waals surface area contributed by atoms with Crippen molar-refractivity contribution in [3.8, 4) is 11.4 Å². The number of thiophene rings is 1. The van der Waals surface area contributed by atoms with Crippen LogP contribution in [0.2, 0.25) is 5.02 Å². The van der Waals surface area contributed by atoms with Crippen LogP contribution in [-0.2, 0) is 4.74 Å². The first-order chi connectivity index (χ1) is 11.0. The number of halogens is 1. The number of fused-ring (bicyclic) bond motifs is 1. The number of nitrogens with zero attached hydrogens (tertiary/aromatic N) is 1. The van der Waals surface area contributed by atoms with E-state index < -0.39 is 5.97 Å². The Hall–Kier alpha value is -2.18. The molecule has 0 spiro atoms. The van der Waals surface area contributed by atoms with E-state index in [0.29, 0.717) is 31.5 Å². The summed E-state index contributed by atoms with van der Waals surface area (Å²) in [5.74, 6) is 0.0104. The summed E-state index contributed by atoms with van der Waals surface area (Å²) in [5, 5.41) is 1.03. The first-order valence-electron chi connectivity index (χ1n) is 6.97. The fourth-order valence-electron chi connectivity index (χ4n) is 2.28. The Morgan fingerprint density at radius 3 is 2.70 bits per heavy atom. The molecule has 2 aromatic heterocycles. The molecule has 0 radical (unpaired) electrons. The van der Waals surface area contributed by atoms with Gasteiger partial charge in [0.1, 0.15) is 15.5 Å². The van der Waals surface area contributed by atoms with Crippen LogP contribution < -0.4 is 5.56 Å². The predicted octanol–water partition coefficient (Wildman–Crippen LogP) is 3.79. The van der Waals surface area contributed by atoms with E-state index in [1.807, 2.05) is 0 Å². The number of ether oxygens (including phenoxy) is 1. The quantitative estimate of drug-likeness (QED) is 0.731. The predicted molar refractivity (Wildman–Crippen MR) is 91.4 cm³/mol. The molecule has 3 rings (SSSR count). The van der Waals surface area contributed by atoms with Gasteiger partial charge in [0.25, 0.3) is 5.56 Å². The maximum atomic E-state index is 12.4. The Morgan fingerprint density at radius 2 is 2.04 bits per heavy atom. The molecule has 0 atom stereocenters. The van der Waals surface area contributed by atoms with Gasteiger partial charge in [-0.05, 0) is 43.7 Å². The van der Waals surface area contributed by atoms with Crippen molar-refractivity contribution in [1.29, 1.82) is 0 Å². The van der Waals surface area contributed by atoms with Gasteiger partial charge in [-0.1, -0.05) is 11.6 Å². The van der Waals surface area contributed by atoms with Crippen LogP contribution >= 0.6 is 22.9 Å². The van der Waals surface area contributed by atoms with Crippen LogP contribution in [0.15, 0.2) is 29.1 Å². The van der Waals surface area contributed by atoms with Crippen molar-refractivity contribution in [2.45, 2.75) is 13.8 Å². The highest BCUT2D eigenvalue weighted by molar-refractivity contribution is 7.20. The summed E-state index contributed by atoms with van der Waals surface area (Å²) in [6.07, 6.45) is 0. The second kappa shape index (κ2) is 6.14. The van der Waals surface area contributed by atoms with Gasteiger partial charge in [-0.2, -0.15) is 0 Å². The Morgan fingerprint density at radius 1 is 1.35 bits per heavy atom. The first-order valence-corrected chi connectivity index (χ1v) is 8.17. The third-order valence-corrected chi connectivity index (χ3v) is 4.80. The lowest BCUT2D eigenvalue weighted by atomic mass is 10.2. The average Bonchev–Trinajstić information content (AvgIpc) is 2.86. The highest BCUT2D eigenvalue weighted by Gasteiger charge is 2.20. The van der Waals surface area contributed by atoms with Gasteiger partial charge in [-0.3, -0.25) is 4.79 Å². The summed E-state index contributed by atoms with van der Waals surface area (Å²) in [5.41, 5.74) is 1.07. The van der Waals surface area contributed by atoms with Gasteiger partial charge in [0.15, 0.2) is 0 Å². The molecule has 1 N–H and O–H groups in total. The third-order valence-electron chi connectivity index (χ3n) is 3.38. The minimum absolute atomic E-state index is 0.274. The normalized spacial score (nSPS) is 10.9. The zero-order chi connectivity index (χ0) is 16.6. The van der Waals surface area contributed by atoms with Crippen LogP contribution in [0.5, 0.6) is 0 Å². The standard InChI is InChI=1S/C16H13ClN2O3S/c1-3-22-16(21)12-8(2)11-14(20)18-13(19-15(11)23-12)9-4-6-10(17)7-5-9/h4-7H,3H2,1-2H3,(H,18,19,20). The van der Waals surface area contributed by atoms with Gasteiger partial charge in [0, 0.05) is 10.6 Å². The molecule has 0 saturated carbocycles. The summed E-state index contributed by atoms with van der Waals surface area (Å²) in [6.45, 7) is 3.75. The number of aromatic amines is 1. The largest absolute Gasteiger partial charge is 0.462 e. The molecule has 0 aliphatic rings. The molecule has 23 heavy (non-hydrogen) atoms. The zero-order valence-corrected chi connectivity index (χ0v) is 14.0. The van der Waals surface area contributed by atoms with Crippen molar-refractivity contribution in [3.05, 3.63) is 50.1 Å². The maximum Gasteiger partial charge on any atom is 0.348 e. The molecule has 0 saturated heterocycles. The molecule has 118 valence electrons. The van der Waals surface area contributed by atoms with Crippen LogP contribution in [0.25, 0.3) is 21.6 Å². The van der Waals surface area contributed by atoms with Crippen molar-refractivity contribution in [3.63, 3.8) is 0 Å². The molecule has 3 aromatic rings. The van der Waals surface area contributed by atoms with Gasteiger partial charge in [-0.25, -0.2) is 9.78 Å². The molecule has 0 aliphatic heterocycles. The monoisotopic (exact) mass is 348 g/mol. The summed E-state index contributed by atoms with van der Waals surface area (Å²) >= 11 is 7.04. The SMILES string of the molecule is CCOC(=O)c1sc2nc(-c3ccc(Cl)cc3)[nH]c(=O)c2c1C. The molecule has 0 bridgehead atoms. The Labute approximate surface area is 140 Å². The Bertz CT molecular complexity index is 944. The van der Waals surface area contributed by atoms with Crippen LogP contribution in [0.4, 0.5) is 0 Å². The summed E-state index contributed by atoms with van der Waals surface area (Å²) in [4.78, 5) is 32.5. The van der Waals surface area contributed by atoms with Crippen molar-refractivity contribution in [1.82, 2.24) is 9.97 Å². The van der Waals surface area contributed by atoms with Gasteiger partial charge in [0.05, 0.1) is 12.0 Å². The van der Waals surface area contributed by atoms with Crippen molar-refractivity contribution in [2.24, 2.45) is 0 Å². The topological polar surface area (TPSA) is 72.0 Å². The lowest BCUT2D eigenvalue weighted by Gasteiger charge is -2.01. The highest BCUT2D eigenvalue weighted by atomic mass is 35.5. The number of hydrogen-bond acceptors (Lipinski definition) is 5. The van der Waals surface area contributed by atoms with Crippen LogP contribution in [0.3, 0.4) is 0 Å². The number of rotatable bonds is 3. The summed E-state index contributed by atoms with van der Waals surface area (Å²) in [6, 6.07) is 7.01. The van der Waals surface area contributed by atoms with Crippen LogP contribution in [0.1, 0.15) is 22.2 Å². The molecule has 2 heterocycles. The molecule has 1 aromatic carbocycles. The van der Waals surface area contributed by atoms with Gasteiger partial charge < -0.3 is 9.72 Å². The molecule has 0 amide bonds. The van der Waals surface area contributed by atoms with E-state index in [2.05, 4.69) is 9.97 Å². The zero-order valence-electron chi connectivity index (χ0n) is 12.5. The average molecular weight is 349 g/mol. The minimum atomic E-state index is -0.430. The number of carbonyl (C=O) groups is 1. The first kappa shape index (κ1) is 15.7. The lowest BCUT2D eigenvalue weighted by Crippen LogP contribution is -2.10. The third kappa shape index (κ3) is 2.87. The van der Waals surface area contributed by atoms with E-state index in [-0.39, 0.29) is 12.2 Å². The molecule has 7 heteroatoms. The second-order valence-electron chi connectivity index (χ2n) is 4.88. The number of aromatic nitrogens is 2. The number of benzene rings is 1. The number of esters is 1. The highest BCUT2D eigenvalue weighted by Crippen LogP contribution is 2.29. The molecular formula is C16H13ClN2O3S. The molecule has 0 unspecified atom stereocenters. The van der Waals surface area contributed by atoms with Gasteiger partial charge in [-0.15, -0.1) is 11.3 Å². The molecule has 0 aliphatic carbocycles. The second-order valence-corrected chi connectivity index (χ2v) is 6.31. The van der Waals surface area contributed by atoms with Gasteiger partial charge in [0.2, 0.25) is 0 Å². The maximum absolute atomic E-state index is 12.4. The number of carbonyl (C=O) groups excluding carboxylic acids is 1. The molecule has 0 fully saturated rings. The minimum Gasteiger partial charge on any atom is -0.462 e. The van der Waals surface area contributed by atoms with Crippen LogP contribution in [0, 0.1) is 6.92 Å². The smallest absolute Gasteiger partial charge is 0.348 e. The van der Waals surface area contributed by atoms with E-state index in [1.165, 1.54) is 11.3 Å². The van der Waals surface area contributed by atoms with E-state index in [0.717, 1.165) is 5.56 Å². The number of H-pyrrole nitrogens is 1. The van der Waals surface area contributed by atoms with E-state index in [4.69, 9.17) is 16.3 Å². The van der Waals surface area contributed by atoms with Gasteiger partial charge >= 0.3 is 5.97 Å². The Balaban J connectivity index is 2.17. The molecular weight excluding hydrogens is 336 g/mol. The van der Waals surface area contributed by atoms with E-state index >= 15 is 0 Å². The fourth-order valence-corrected chi connectivity index (χ4v) is 3.48. The number of hydrogen-bond donors (Lipinski definition) is 1. The van der Waals surface area contributed by atoms with E-state index in [9.17, 15) is 9.59 Å². The van der Waals surface area contributed by atoms with E-state index in [1.54, 1.807) is 38.1 Å². The summed E-state index contributed by atoms with van der Waals surface area (Å²) < 4.78 is 5.02. The van der Waals surface area contributed by atoms with Crippen LogP contribution in [-0.4, -0.2) is 22.5 Å².